The van der Waals surface area contributed by atoms with Crippen molar-refractivity contribution < 1.29 is 8.78 Å². The molecule has 0 radical (unpaired) electrons. The number of hydrogen-bond acceptors (Lipinski definition) is 0. The molecule has 0 heterocycles. The molecule has 0 aliphatic carbocycles. The Morgan fingerprint density at radius 3 is 1.88 bits per heavy atom. The lowest BCUT2D eigenvalue weighted by Crippen LogP contribution is -1.87. The van der Waals surface area contributed by atoms with E-state index < -0.39 is 5.82 Å². The van der Waals surface area contributed by atoms with Crippen LogP contribution in [0.15, 0.2) is 66.7 Å². The number of aryl methyl sites for hydroxylation is 1. The molecule has 0 bridgehead atoms. The van der Waals surface area contributed by atoms with Crippen LogP contribution in [-0.4, -0.2) is 0 Å². The summed E-state index contributed by atoms with van der Waals surface area (Å²) in [5, 5.41) is 0. The van der Waals surface area contributed by atoms with Gasteiger partial charge in [0.25, 0.3) is 0 Å². The van der Waals surface area contributed by atoms with Crippen molar-refractivity contribution in [3.05, 3.63) is 106 Å². The lowest BCUT2D eigenvalue weighted by Gasteiger charge is -1.97. The fourth-order valence-electron chi connectivity index (χ4n) is 2.17. The molecular weight excluding hydrogens is 314 g/mol. The van der Waals surface area contributed by atoms with Crippen LogP contribution in [0.1, 0.15) is 27.8 Å². The summed E-state index contributed by atoms with van der Waals surface area (Å²) in [6.07, 6.45) is 0. The second kappa shape index (κ2) is 7.47. The molecule has 3 rings (SSSR count). The van der Waals surface area contributed by atoms with Crippen molar-refractivity contribution in [3.63, 3.8) is 0 Å². The predicted octanol–water partition coefficient (Wildman–Crippen LogP) is 5.07. The fourth-order valence-corrected chi connectivity index (χ4v) is 2.17. The zero-order valence-electron chi connectivity index (χ0n) is 13.6. The third kappa shape index (κ3) is 4.34. The molecule has 0 saturated carbocycles. The molecule has 0 atom stereocenters. The summed E-state index contributed by atoms with van der Waals surface area (Å²) >= 11 is 0. The van der Waals surface area contributed by atoms with Crippen LogP contribution < -0.4 is 0 Å². The Morgan fingerprint density at radius 1 is 0.600 bits per heavy atom. The standard InChI is InChI=1S/C23H14F2/c1-17-7-8-19(15-22(17)24)11-13-21-14-12-20(16-23(21)25)10-9-18-5-3-2-4-6-18/h2-8,12,14-16H,1H3. The molecule has 0 fully saturated rings. The molecular formula is C23H14F2. The maximum absolute atomic E-state index is 14.2. The average molecular weight is 328 g/mol. The number of halogens is 2. The van der Waals surface area contributed by atoms with Crippen molar-refractivity contribution in [2.24, 2.45) is 0 Å². The van der Waals surface area contributed by atoms with Crippen LogP contribution in [-0.2, 0) is 0 Å². The third-order valence-corrected chi connectivity index (χ3v) is 3.61. The van der Waals surface area contributed by atoms with Gasteiger partial charge < -0.3 is 0 Å². The smallest absolute Gasteiger partial charge is 0.140 e. The monoisotopic (exact) mass is 328 g/mol. The maximum Gasteiger partial charge on any atom is 0.140 e. The van der Waals surface area contributed by atoms with Crippen LogP contribution in [0.5, 0.6) is 0 Å². The lowest BCUT2D eigenvalue weighted by atomic mass is 10.1. The zero-order valence-corrected chi connectivity index (χ0v) is 13.6. The van der Waals surface area contributed by atoms with Gasteiger partial charge in [0.2, 0.25) is 0 Å². The van der Waals surface area contributed by atoms with Gasteiger partial charge in [-0.05, 0) is 55.0 Å². The minimum absolute atomic E-state index is 0.256. The summed E-state index contributed by atoms with van der Waals surface area (Å²) in [6, 6.07) is 18.9. The van der Waals surface area contributed by atoms with Gasteiger partial charge in [0.15, 0.2) is 0 Å². The Kier molecular flexibility index (Phi) is 4.93. The summed E-state index contributed by atoms with van der Waals surface area (Å²) in [5.41, 5.74) is 2.77. The van der Waals surface area contributed by atoms with Crippen molar-refractivity contribution in [1.82, 2.24) is 0 Å². The first-order valence-corrected chi connectivity index (χ1v) is 7.76. The van der Waals surface area contributed by atoms with E-state index in [-0.39, 0.29) is 11.4 Å². The predicted molar refractivity (Wildman–Crippen MR) is 95.9 cm³/mol. The van der Waals surface area contributed by atoms with Gasteiger partial charge in [0.1, 0.15) is 11.6 Å². The molecule has 0 nitrogen and oxygen atoms in total. The molecule has 0 aliphatic heterocycles. The molecule has 0 unspecified atom stereocenters. The van der Waals surface area contributed by atoms with E-state index in [0.29, 0.717) is 16.7 Å². The van der Waals surface area contributed by atoms with Gasteiger partial charge in [0, 0.05) is 16.7 Å². The molecule has 0 aliphatic rings. The molecule has 0 saturated heterocycles. The van der Waals surface area contributed by atoms with Crippen LogP contribution in [0.4, 0.5) is 8.78 Å². The van der Waals surface area contributed by atoms with Gasteiger partial charge in [-0.2, -0.15) is 0 Å². The Balaban J connectivity index is 1.82. The van der Waals surface area contributed by atoms with Crippen LogP contribution in [0.25, 0.3) is 0 Å². The highest BCUT2D eigenvalue weighted by atomic mass is 19.1. The molecule has 0 N–H and O–H groups in total. The highest BCUT2D eigenvalue weighted by Gasteiger charge is 2.01. The molecule has 3 aromatic carbocycles. The highest BCUT2D eigenvalue weighted by Crippen LogP contribution is 2.11. The van der Waals surface area contributed by atoms with E-state index in [0.717, 1.165) is 5.56 Å². The first-order chi connectivity index (χ1) is 12.1. The molecule has 0 amide bonds. The largest absolute Gasteiger partial charge is 0.207 e. The van der Waals surface area contributed by atoms with Crippen molar-refractivity contribution in [3.8, 4) is 23.7 Å². The zero-order chi connectivity index (χ0) is 17.6. The van der Waals surface area contributed by atoms with E-state index in [4.69, 9.17) is 0 Å². The van der Waals surface area contributed by atoms with Crippen molar-refractivity contribution in [1.29, 1.82) is 0 Å². The lowest BCUT2D eigenvalue weighted by molar-refractivity contribution is 0.618. The van der Waals surface area contributed by atoms with Crippen LogP contribution in [0.2, 0.25) is 0 Å². The SMILES string of the molecule is Cc1ccc(C#Cc2ccc(C#Cc3ccccc3)cc2F)cc1F. The van der Waals surface area contributed by atoms with Gasteiger partial charge >= 0.3 is 0 Å². The molecule has 3 aromatic rings. The first-order valence-electron chi connectivity index (χ1n) is 7.76. The van der Waals surface area contributed by atoms with Crippen molar-refractivity contribution in [2.45, 2.75) is 6.92 Å². The second-order valence-corrected chi connectivity index (χ2v) is 5.52. The maximum atomic E-state index is 14.2. The van der Waals surface area contributed by atoms with E-state index in [2.05, 4.69) is 23.7 Å². The van der Waals surface area contributed by atoms with Gasteiger partial charge in [0.05, 0.1) is 5.56 Å². The normalized spacial score (nSPS) is 9.56. The average Bonchev–Trinajstić information content (AvgIpc) is 2.63. The van der Waals surface area contributed by atoms with Crippen LogP contribution in [0, 0.1) is 42.2 Å². The summed E-state index contributed by atoms with van der Waals surface area (Å²) < 4.78 is 27.7. The van der Waals surface area contributed by atoms with E-state index in [9.17, 15) is 8.78 Å². The van der Waals surface area contributed by atoms with Gasteiger partial charge in [-0.3, -0.25) is 0 Å². The minimum atomic E-state index is -0.444. The minimum Gasteiger partial charge on any atom is -0.207 e. The Hall–Kier alpha value is -3.36. The van der Waals surface area contributed by atoms with Crippen molar-refractivity contribution >= 4 is 0 Å². The summed E-state index contributed by atoms with van der Waals surface area (Å²) in [5.74, 6) is 10.7. The van der Waals surface area contributed by atoms with Gasteiger partial charge in [-0.15, -0.1) is 0 Å². The van der Waals surface area contributed by atoms with Crippen LogP contribution in [0.3, 0.4) is 0 Å². The van der Waals surface area contributed by atoms with E-state index in [1.54, 1.807) is 31.2 Å². The second-order valence-electron chi connectivity index (χ2n) is 5.52. The molecule has 0 spiro atoms. The van der Waals surface area contributed by atoms with Gasteiger partial charge in [-0.1, -0.05) is 47.9 Å². The quantitative estimate of drug-likeness (QED) is 0.505. The van der Waals surface area contributed by atoms with E-state index >= 15 is 0 Å². The third-order valence-electron chi connectivity index (χ3n) is 3.61. The number of benzene rings is 3. The Morgan fingerprint density at radius 2 is 1.20 bits per heavy atom. The van der Waals surface area contributed by atoms with Crippen molar-refractivity contribution in [2.75, 3.05) is 0 Å². The summed E-state index contributed by atoms with van der Waals surface area (Å²) in [4.78, 5) is 0. The molecule has 2 heteroatoms. The molecule has 25 heavy (non-hydrogen) atoms. The Labute approximate surface area is 146 Å². The van der Waals surface area contributed by atoms with E-state index in [1.807, 2.05) is 30.3 Å². The first kappa shape index (κ1) is 16.5. The highest BCUT2D eigenvalue weighted by molar-refractivity contribution is 5.48. The topological polar surface area (TPSA) is 0 Å². The summed E-state index contributed by atoms with van der Waals surface area (Å²) in [7, 11) is 0. The fraction of sp³-hybridized carbons (Fsp3) is 0.0435. The van der Waals surface area contributed by atoms with Crippen LogP contribution >= 0.6 is 0 Å². The molecule has 0 aromatic heterocycles. The Bertz CT molecular complexity index is 1030. The van der Waals surface area contributed by atoms with E-state index in [1.165, 1.54) is 12.1 Å². The van der Waals surface area contributed by atoms with Gasteiger partial charge in [-0.25, -0.2) is 8.78 Å². The summed E-state index contributed by atoms with van der Waals surface area (Å²) in [6.45, 7) is 1.68. The number of hydrogen-bond donors (Lipinski definition) is 0. The molecule has 120 valence electrons. The number of rotatable bonds is 0.